The number of benzene rings is 2. The number of halogens is 2. The topological polar surface area (TPSA) is 41.5 Å². The summed E-state index contributed by atoms with van der Waals surface area (Å²) in [5.41, 5.74) is 3.39. The van der Waals surface area contributed by atoms with Crippen LogP contribution >= 0.6 is 0 Å². The Kier molecular flexibility index (Phi) is 2.73. The van der Waals surface area contributed by atoms with Gasteiger partial charge in [-0.2, -0.15) is 4.39 Å². The number of ether oxygens (including phenoxy) is 1. The highest BCUT2D eigenvalue weighted by Crippen LogP contribution is 2.47. The van der Waals surface area contributed by atoms with Crippen LogP contribution in [0.15, 0.2) is 30.3 Å². The van der Waals surface area contributed by atoms with Gasteiger partial charge >= 0.3 is 0 Å². The molecule has 118 valence electrons. The summed E-state index contributed by atoms with van der Waals surface area (Å²) in [6, 6.07) is 6.07. The van der Waals surface area contributed by atoms with Crippen LogP contribution in [-0.2, 0) is 11.3 Å². The average Bonchev–Trinajstić information content (AvgIpc) is 2.90. The molecule has 0 saturated carbocycles. The molecule has 2 aromatic rings. The van der Waals surface area contributed by atoms with Gasteiger partial charge in [-0.25, -0.2) is 4.39 Å². The minimum absolute atomic E-state index is 0.227. The Balaban J connectivity index is 1.94. The first kappa shape index (κ1) is 14.1. The van der Waals surface area contributed by atoms with Gasteiger partial charge in [-0.1, -0.05) is 6.07 Å². The SMILES string of the molecule is CC1(C)C=C2OCc3c(-c4ccc(F)c(F)c4O)ccc(c32)N1. The minimum atomic E-state index is -1.23. The molecule has 0 spiro atoms. The number of nitrogens with one attached hydrogen (secondary N) is 1. The highest BCUT2D eigenvalue weighted by Gasteiger charge is 2.33. The minimum Gasteiger partial charge on any atom is -0.504 e. The summed E-state index contributed by atoms with van der Waals surface area (Å²) < 4.78 is 32.7. The van der Waals surface area contributed by atoms with Crippen molar-refractivity contribution in [3.8, 4) is 16.9 Å². The number of phenols is 1. The number of aromatic hydroxyl groups is 1. The Morgan fingerprint density at radius 3 is 2.65 bits per heavy atom. The summed E-state index contributed by atoms with van der Waals surface area (Å²) in [4.78, 5) is 0. The number of hydrogen-bond donors (Lipinski definition) is 2. The Hall–Kier alpha value is -2.56. The standard InChI is InChI=1S/C18H15F2NO2/c1-18(2)7-14-15-11(8-23-14)9(4-6-13(15)21-18)10-3-5-12(19)16(20)17(10)22/h3-7,21-22H,8H2,1-2H3. The lowest BCUT2D eigenvalue weighted by molar-refractivity contribution is 0.283. The van der Waals surface area contributed by atoms with Crippen molar-refractivity contribution in [1.82, 2.24) is 0 Å². The largest absolute Gasteiger partial charge is 0.504 e. The van der Waals surface area contributed by atoms with Gasteiger partial charge in [0.1, 0.15) is 12.4 Å². The molecule has 2 N–H and O–H groups in total. The molecule has 3 nitrogen and oxygen atoms in total. The molecule has 0 saturated heterocycles. The van der Waals surface area contributed by atoms with Crippen molar-refractivity contribution in [2.45, 2.75) is 26.0 Å². The van der Waals surface area contributed by atoms with E-state index in [1.54, 1.807) is 6.07 Å². The first-order valence-electron chi connectivity index (χ1n) is 7.35. The van der Waals surface area contributed by atoms with Crippen LogP contribution in [0.3, 0.4) is 0 Å². The van der Waals surface area contributed by atoms with Gasteiger partial charge in [0.2, 0.25) is 5.82 Å². The molecule has 2 aromatic carbocycles. The van der Waals surface area contributed by atoms with E-state index < -0.39 is 17.4 Å². The lowest BCUT2D eigenvalue weighted by atomic mass is 9.89. The van der Waals surface area contributed by atoms with Crippen LogP contribution in [0.25, 0.3) is 16.9 Å². The maximum absolute atomic E-state index is 13.7. The van der Waals surface area contributed by atoms with Crippen LogP contribution in [0.5, 0.6) is 5.75 Å². The molecule has 0 amide bonds. The predicted molar refractivity (Wildman–Crippen MR) is 83.9 cm³/mol. The number of hydrogen-bond acceptors (Lipinski definition) is 3. The van der Waals surface area contributed by atoms with Crippen LogP contribution in [0.4, 0.5) is 14.5 Å². The van der Waals surface area contributed by atoms with Crippen LogP contribution in [-0.4, -0.2) is 10.6 Å². The molecule has 23 heavy (non-hydrogen) atoms. The Labute approximate surface area is 132 Å². The second kappa shape index (κ2) is 4.47. The maximum atomic E-state index is 13.7. The smallest absolute Gasteiger partial charge is 0.200 e. The van der Waals surface area contributed by atoms with Gasteiger partial charge in [0.05, 0.1) is 5.54 Å². The van der Waals surface area contributed by atoms with Gasteiger partial charge in [-0.3, -0.25) is 0 Å². The van der Waals surface area contributed by atoms with Gasteiger partial charge in [0.15, 0.2) is 11.6 Å². The lowest BCUT2D eigenvalue weighted by Crippen LogP contribution is -2.31. The molecule has 0 radical (unpaired) electrons. The van der Waals surface area contributed by atoms with E-state index >= 15 is 0 Å². The first-order valence-corrected chi connectivity index (χ1v) is 7.35. The molecule has 0 unspecified atom stereocenters. The van der Waals surface area contributed by atoms with Gasteiger partial charge < -0.3 is 15.2 Å². The zero-order chi connectivity index (χ0) is 16.4. The fourth-order valence-corrected chi connectivity index (χ4v) is 3.24. The van der Waals surface area contributed by atoms with Gasteiger partial charge in [0, 0.05) is 22.4 Å². The molecule has 4 rings (SSSR count). The molecule has 0 fully saturated rings. The van der Waals surface area contributed by atoms with Crippen LogP contribution in [0.1, 0.15) is 25.0 Å². The number of phenolic OH excluding ortho intramolecular Hbond substituents is 1. The molecule has 2 heterocycles. The third-order valence-corrected chi connectivity index (χ3v) is 4.24. The fraction of sp³-hybridized carbons (Fsp3) is 0.222. The van der Waals surface area contributed by atoms with Crippen molar-refractivity contribution in [3.63, 3.8) is 0 Å². The van der Waals surface area contributed by atoms with Crippen LogP contribution < -0.4 is 5.32 Å². The number of rotatable bonds is 1. The first-order chi connectivity index (χ1) is 10.9. The summed E-state index contributed by atoms with van der Waals surface area (Å²) in [7, 11) is 0. The molecule has 2 aliphatic rings. The molecule has 0 atom stereocenters. The molecule has 5 heteroatoms. The third kappa shape index (κ3) is 2.00. The van der Waals surface area contributed by atoms with E-state index in [0.717, 1.165) is 28.6 Å². The monoisotopic (exact) mass is 315 g/mol. The predicted octanol–water partition coefficient (Wildman–Crippen LogP) is 4.41. The molecule has 0 aliphatic carbocycles. The van der Waals surface area contributed by atoms with Crippen molar-refractivity contribution < 1.29 is 18.6 Å². The van der Waals surface area contributed by atoms with E-state index in [1.807, 2.05) is 26.0 Å². The third-order valence-electron chi connectivity index (χ3n) is 4.24. The summed E-state index contributed by atoms with van der Waals surface area (Å²) in [5.74, 6) is -2.20. The van der Waals surface area contributed by atoms with E-state index in [2.05, 4.69) is 5.32 Å². The Morgan fingerprint density at radius 1 is 1.13 bits per heavy atom. The van der Waals surface area contributed by atoms with Crippen molar-refractivity contribution in [2.75, 3.05) is 5.32 Å². The molecule has 2 aliphatic heterocycles. The lowest BCUT2D eigenvalue weighted by Gasteiger charge is -2.30. The summed E-state index contributed by atoms with van der Waals surface area (Å²) in [6.07, 6.45) is 2.00. The Morgan fingerprint density at radius 2 is 1.87 bits per heavy atom. The van der Waals surface area contributed by atoms with E-state index in [4.69, 9.17) is 4.74 Å². The van der Waals surface area contributed by atoms with Gasteiger partial charge in [0.25, 0.3) is 0 Å². The van der Waals surface area contributed by atoms with Crippen LogP contribution in [0.2, 0.25) is 0 Å². The highest BCUT2D eigenvalue weighted by atomic mass is 19.2. The molecule has 0 bridgehead atoms. The Bertz CT molecular complexity index is 872. The summed E-state index contributed by atoms with van der Waals surface area (Å²) in [5, 5.41) is 13.4. The van der Waals surface area contributed by atoms with Crippen molar-refractivity contribution >= 4 is 11.4 Å². The molecule has 0 aromatic heterocycles. The van der Waals surface area contributed by atoms with Crippen LogP contribution in [0, 0.1) is 11.6 Å². The number of anilines is 1. The second-order valence-corrected chi connectivity index (χ2v) is 6.42. The normalized spacial score (nSPS) is 17.1. The summed E-state index contributed by atoms with van der Waals surface area (Å²) in [6.45, 7) is 4.42. The molecular weight excluding hydrogens is 300 g/mol. The highest BCUT2D eigenvalue weighted by molar-refractivity contribution is 5.88. The van der Waals surface area contributed by atoms with Gasteiger partial charge in [-0.05, 0) is 43.7 Å². The fourth-order valence-electron chi connectivity index (χ4n) is 3.24. The van der Waals surface area contributed by atoms with Crippen molar-refractivity contribution in [2.24, 2.45) is 0 Å². The van der Waals surface area contributed by atoms with Crippen molar-refractivity contribution in [3.05, 3.63) is 53.1 Å². The van der Waals surface area contributed by atoms with E-state index in [9.17, 15) is 13.9 Å². The van der Waals surface area contributed by atoms with E-state index in [1.165, 1.54) is 6.07 Å². The zero-order valence-corrected chi connectivity index (χ0v) is 12.7. The van der Waals surface area contributed by atoms with Crippen molar-refractivity contribution in [1.29, 1.82) is 0 Å². The maximum Gasteiger partial charge on any atom is 0.200 e. The average molecular weight is 315 g/mol. The van der Waals surface area contributed by atoms with E-state index in [0.29, 0.717) is 12.2 Å². The zero-order valence-electron chi connectivity index (χ0n) is 12.7. The van der Waals surface area contributed by atoms with E-state index in [-0.39, 0.29) is 11.1 Å². The summed E-state index contributed by atoms with van der Waals surface area (Å²) >= 11 is 0. The van der Waals surface area contributed by atoms with Gasteiger partial charge in [-0.15, -0.1) is 0 Å². The molecular formula is C18H15F2NO2. The second-order valence-electron chi connectivity index (χ2n) is 6.42. The quantitative estimate of drug-likeness (QED) is 0.819.